The van der Waals surface area contributed by atoms with Gasteiger partial charge in [-0.25, -0.2) is 4.99 Å². The van der Waals surface area contributed by atoms with Gasteiger partial charge in [-0.15, -0.1) is 0 Å². The van der Waals surface area contributed by atoms with E-state index in [9.17, 15) is 4.79 Å². The van der Waals surface area contributed by atoms with E-state index in [4.69, 9.17) is 9.47 Å². The zero-order valence-corrected chi connectivity index (χ0v) is 7.82. The molecule has 1 heterocycles. The van der Waals surface area contributed by atoms with Crippen LogP contribution in [0.4, 0.5) is 0 Å². The van der Waals surface area contributed by atoms with E-state index >= 15 is 0 Å². The van der Waals surface area contributed by atoms with Crippen molar-refractivity contribution in [3.63, 3.8) is 0 Å². The molecular formula is C9H13NO3. The summed E-state index contributed by atoms with van der Waals surface area (Å²) in [6.07, 6.45) is 2.18. The first-order valence-electron chi connectivity index (χ1n) is 4.32. The number of ketones is 1. The summed E-state index contributed by atoms with van der Waals surface area (Å²) in [5.41, 5.74) is 0. The number of aliphatic imine (C=N–C) groups is 1. The van der Waals surface area contributed by atoms with Crippen molar-refractivity contribution in [2.75, 3.05) is 13.2 Å². The van der Waals surface area contributed by atoms with E-state index in [1.165, 1.54) is 12.3 Å². The number of ether oxygens (including phenoxy) is 2. The molecule has 0 radical (unpaired) electrons. The normalized spacial score (nSPS) is 21.5. The van der Waals surface area contributed by atoms with Crippen LogP contribution < -0.4 is 0 Å². The maximum atomic E-state index is 11.3. The number of rotatable bonds is 3. The molecule has 1 unspecified atom stereocenters. The van der Waals surface area contributed by atoms with Crippen LogP contribution >= 0.6 is 0 Å². The van der Waals surface area contributed by atoms with E-state index in [-0.39, 0.29) is 5.78 Å². The molecule has 0 aromatic rings. The fourth-order valence-electron chi connectivity index (χ4n) is 1.04. The van der Waals surface area contributed by atoms with Crippen molar-refractivity contribution < 1.29 is 14.3 Å². The fourth-order valence-corrected chi connectivity index (χ4v) is 1.04. The van der Waals surface area contributed by atoms with Crippen LogP contribution in [-0.2, 0) is 14.3 Å². The van der Waals surface area contributed by atoms with Crippen LogP contribution in [-0.4, -0.2) is 31.0 Å². The fraction of sp³-hybridized carbons (Fsp3) is 0.556. The molecule has 0 aromatic heterocycles. The van der Waals surface area contributed by atoms with Crippen molar-refractivity contribution >= 4 is 11.7 Å². The summed E-state index contributed by atoms with van der Waals surface area (Å²) < 4.78 is 10.4. The lowest BCUT2D eigenvalue weighted by molar-refractivity contribution is -0.122. The highest BCUT2D eigenvalue weighted by Crippen LogP contribution is 2.06. The molecule has 0 aliphatic carbocycles. The van der Waals surface area contributed by atoms with Gasteiger partial charge in [-0.05, 0) is 13.8 Å². The Kier molecular flexibility index (Phi) is 3.64. The summed E-state index contributed by atoms with van der Waals surface area (Å²) in [7, 11) is 0. The van der Waals surface area contributed by atoms with Crippen molar-refractivity contribution in [3.05, 3.63) is 12.3 Å². The third-order valence-corrected chi connectivity index (χ3v) is 1.55. The Bertz CT molecular complexity index is 245. The Balaban J connectivity index is 2.70. The molecule has 72 valence electrons. The zero-order chi connectivity index (χ0) is 9.68. The minimum Gasteiger partial charge on any atom is -0.479 e. The molecule has 0 amide bonds. The van der Waals surface area contributed by atoms with Gasteiger partial charge in [0.05, 0.1) is 6.61 Å². The highest BCUT2D eigenvalue weighted by atomic mass is 16.5. The molecule has 1 aliphatic heterocycles. The van der Waals surface area contributed by atoms with Crippen molar-refractivity contribution in [3.8, 4) is 0 Å². The molecule has 1 atom stereocenters. The quantitative estimate of drug-likeness (QED) is 0.653. The highest BCUT2D eigenvalue weighted by Gasteiger charge is 2.26. The molecule has 13 heavy (non-hydrogen) atoms. The predicted octanol–water partition coefficient (Wildman–Crippen LogP) is 0.923. The molecule has 0 bridgehead atoms. The number of hydrogen-bond acceptors (Lipinski definition) is 4. The van der Waals surface area contributed by atoms with Gasteiger partial charge in [-0.3, -0.25) is 4.79 Å². The molecule has 0 fully saturated rings. The van der Waals surface area contributed by atoms with Gasteiger partial charge in [-0.2, -0.15) is 0 Å². The van der Waals surface area contributed by atoms with Crippen LogP contribution in [0.25, 0.3) is 0 Å². The smallest absolute Gasteiger partial charge is 0.226 e. The minimum atomic E-state index is -0.644. The average Bonchev–Trinajstić information content (AvgIpc) is 2.11. The van der Waals surface area contributed by atoms with Gasteiger partial charge < -0.3 is 9.47 Å². The van der Waals surface area contributed by atoms with E-state index < -0.39 is 6.10 Å². The molecule has 0 spiro atoms. The molecular weight excluding hydrogens is 170 g/mol. The standard InChI is InChI=1S/C9H13NO3/c1-3-12-8-7(11)5-6-10-9(8)13-4-2/h5-6,8H,3-4H2,1-2H3. The van der Waals surface area contributed by atoms with Crippen LogP contribution in [0.1, 0.15) is 13.8 Å². The lowest BCUT2D eigenvalue weighted by atomic mass is 10.2. The molecule has 4 heteroatoms. The second-order valence-corrected chi connectivity index (χ2v) is 2.45. The Labute approximate surface area is 77.2 Å². The molecule has 4 nitrogen and oxygen atoms in total. The molecule has 0 saturated carbocycles. The molecule has 1 aliphatic rings. The summed E-state index contributed by atoms with van der Waals surface area (Å²) in [4.78, 5) is 15.2. The van der Waals surface area contributed by atoms with E-state index in [2.05, 4.69) is 4.99 Å². The minimum absolute atomic E-state index is 0.111. The highest BCUT2D eigenvalue weighted by molar-refractivity contribution is 6.11. The van der Waals surface area contributed by atoms with Crippen molar-refractivity contribution in [2.45, 2.75) is 20.0 Å². The monoisotopic (exact) mass is 183 g/mol. The number of carbonyl (C=O) groups is 1. The van der Waals surface area contributed by atoms with Crippen LogP contribution in [0, 0.1) is 0 Å². The van der Waals surface area contributed by atoms with Gasteiger partial charge in [0.2, 0.25) is 5.90 Å². The number of nitrogens with zero attached hydrogens (tertiary/aromatic N) is 1. The Morgan fingerprint density at radius 2 is 2.23 bits per heavy atom. The van der Waals surface area contributed by atoms with Gasteiger partial charge >= 0.3 is 0 Å². The van der Waals surface area contributed by atoms with Crippen LogP contribution in [0.2, 0.25) is 0 Å². The lowest BCUT2D eigenvalue weighted by Crippen LogP contribution is -2.35. The Hall–Kier alpha value is -1.16. The Morgan fingerprint density at radius 3 is 2.85 bits per heavy atom. The predicted molar refractivity (Wildman–Crippen MR) is 48.6 cm³/mol. The van der Waals surface area contributed by atoms with Gasteiger partial charge in [0, 0.05) is 18.9 Å². The summed E-state index contributed by atoms with van der Waals surface area (Å²) in [6, 6.07) is 0. The SMILES string of the molecule is CCOC1=NC=CC(=O)C1OCC. The van der Waals surface area contributed by atoms with Crippen LogP contribution in [0.3, 0.4) is 0 Å². The van der Waals surface area contributed by atoms with Crippen molar-refractivity contribution in [2.24, 2.45) is 4.99 Å². The third kappa shape index (κ3) is 2.39. The lowest BCUT2D eigenvalue weighted by Gasteiger charge is -2.18. The van der Waals surface area contributed by atoms with Crippen LogP contribution in [0.15, 0.2) is 17.3 Å². The van der Waals surface area contributed by atoms with E-state index in [0.29, 0.717) is 19.1 Å². The van der Waals surface area contributed by atoms with E-state index in [1.54, 1.807) is 0 Å². The maximum absolute atomic E-state index is 11.3. The van der Waals surface area contributed by atoms with Gasteiger partial charge in [0.25, 0.3) is 0 Å². The summed E-state index contributed by atoms with van der Waals surface area (Å²) in [5.74, 6) is 0.247. The topological polar surface area (TPSA) is 47.9 Å². The van der Waals surface area contributed by atoms with Crippen LogP contribution in [0.5, 0.6) is 0 Å². The second kappa shape index (κ2) is 4.77. The van der Waals surface area contributed by atoms with E-state index in [0.717, 1.165) is 0 Å². The first-order valence-corrected chi connectivity index (χ1v) is 4.32. The number of hydrogen-bond donors (Lipinski definition) is 0. The summed E-state index contributed by atoms with van der Waals surface area (Å²) >= 11 is 0. The zero-order valence-electron chi connectivity index (χ0n) is 7.82. The third-order valence-electron chi connectivity index (χ3n) is 1.55. The number of carbonyl (C=O) groups excluding carboxylic acids is 1. The van der Waals surface area contributed by atoms with Gasteiger partial charge in [0.15, 0.2) is 11.9 Å². The van der Waals surface area contributed by atoms with Crippen molar-refractivity contribution in [1.82, 2.24) is 0 Å². The maximum Gasteiger partial charge on any atom is 0.226 e. The second-order valence-electron chi connectivity index (χ2n) is 2.45. The molecule has 0 N–H and O–H groups in total. The van der Waals surface area contributed by atoms with E-state index in [1.807, 2.05) is 13.8 Å². The first kappa shape index (κ1) is 9.92. The van der Waals surface area contributed by atoms with Gasteiger partial charge in [0.1, 0.15) is 0 Å². The summed E-state index contributed by atoms with van der Waals surface area (Å²) in [5, 5.41) is 0. The largest absolute Gasteiger partial charge is 0.479 e. The first-order chi connectivity index (χ1) is 6.29. The van der Waals surface area contributed by atoms with Gasteiger partial charge in [-0.1, -0.05) is 0 Å². The van der Waals surface area contributed by atoms with Crippen molar-refractivity contribution in [1.29, 1.82) is 0 Å². The Morgan fingerprint density at radius 1 is 1.46 bits per heavy atom. The molecule has 1 rings (SSSR count). The molecule has 0 saturated heterocycles. The molecule has 0 aromatic carbocycles. The average molecular weight is 183 g/mol. The summed E-state index contributed by atoms with van der Waals surface area (Å²) in [6.45, 7) is 4.63.